The van der Waals surface area contributed by atoms with Crippen LogP contribution in [0.5, 0.6) is 0 Å². The molecule has 0 unspecified atom stereocenters. The van der Waals surface area contributed by atoms with Gasteiger partial charge < -0.3 is 13.9 Å². The maximum Gasteiger partial charge on any atom is 0.143 e. The molecule has 0 aliphatic rings. The van der Waals surface area contributed by atoms with Gasteiger partial charge in [-0.2, -0.15) is 0 Å². The number of furan rings is 1. The van der Waals surface area contributed by atoms with Gasteiger partial charge in [0, 0.05) is 74.1 Å². The average molecular weight is 865 g/mol. The van der Waals surface area contributed by atoms with Gasteiger partial charge in [-0.1, -0.05) is 152 Å². The summed E-state index contributed by atoms with van der Waals surface area (Å²) >= 11 is 3.75. The van der Waals surface area contributed by atoms with Crippen LogP contribution in [-0.2, 0) is 0 Å². The summed E-state index contributed by atoms with van der Waals surface area (Å²) in [5, 5.41) is 9.84. The molecule has 14 aromatic rings. The van der Waals surface area contributed by atoms with E-state index in [1.165, 1.54) is 73.3 Å². The normalized spacial score (nSPS) is 12.0. The van der Waals surface area contributed by atoms with E-state index in [0.29, 0.717) is 0 Å². The summed E-state index contributed by atoms with van der Waals surface area (Å²) in [5.74, 6) is 0. The Morgan fingerprint density at radius 2 is 1.00 bits per heavy atom. The lowest BCUT2D eigenvalue weighted by atomic mass is 9.98. The molecular formula is C60H36N2OS2. The van der Waals surface area contributed by atoms with E-state index in [1.54, 1.807) is 0 Å². The SMILES string of the molecule is c1cc(-c2cccc3c2oc2ccccc23)cc(N(c2cccc3c2sc2ccccc23)c2ccc(-c3ccc(-n4c5ccccc5c5ccccc54)cc3)c3sc4ccccc4c23)c1. The summed E-state index contributed by atoms with van der Waals surface area (Å²) in [7, 11) is 0. The lowest BCUT2D eigenvalue weighted by Crippen LogP contribution is -2.10. The number of anilines is 3. The third-order valence-electron chi connectivity index (χ3n) is 13.2. The van der Waals surface area contributed by atoms with Gasteiger partial charge in [0.1, 0.15) is 11.2 Å². The third-order valence-corrected chi connectivity index (χ3v) is 15.6. The van der Waals surface area contributed by atoms with Gasteiger partial charge in [-0.3, -0.25) is 0 Å². The molecule has 10 aromatic carbocycles. The van der Waals surface area contributed by atoms with Gasteiger partial charge >= 0.3 is 0 Å². The third kappa shape index (κ3) is 5.53. The van der Waals surface area contributed by atoms with Crippen LogP contribution in [0.2, 0.25) is 0 Å². The van der Waals surface area contributed by atoms with Crippen LogP contribution in [0.4, 0.5) is 17.1 Å². The van der Waals surface area contributed by atoms with Crippen LogP contribution < -0.4 is 4.90 Å². The van der Waals surface area contributed by atoms with Crippen LogP contribution >= 0.6 is 22.7 Å². The molecular weight excluding hydrogens is 829 g/mol. The van der Waals surface area contributed by atoms with Gasteiger partial charge in [-0.15, -0.1) is 22.7 Å². The predicted molar refractivity (Wildman–Crippen MR) is 279 cm³/mol. The van der Waals surface area contributed by atoms with Crippen molar-refractivity contribution in [3.8, 4) is 27.9 Å². The van der Waals surface area contributed by atoms with Gasteiger partial charge in [-0.25, -0.2) is 0 Å². The fourth-order valence-corrected chi connectivity index (χ4v) is 12.8. The summed E-state index contributed by atoms with van der Waals surface area (Å²) < 4.78 is 14.1. The number of thiophene rings is 2. The Morgan fingerprint density at radius 1 is 0.385 bits per heavy atom. The van der Waals surface area contributed by atoms with Crippen molar-refractivity contribution < 1.29 is 4.42 Å². The molecule has 0 spiro atoms. The van der Waals surface area contributed by atoms with Crippen LogP contribution in [0.15, 0.2) is 223 Å². The van der Waals surface area contributed by atoms with Crippen molar-refractivity contribution >= 4 is 124 Å². The molecule has 0 aliphatic heterocycles. The standard InChI is InChI=1S/C60H36N2OS2/c1-6-24-50-43(16-1)44-17-2-7-25-51(44)61(50)39-32-30-37(31-33-39)42-34-35-52(57-49-20-5-10-29-56(49)65-60(42)57)62(53-26-13-23-48-46-19-4-9-28-55(46)64-59(48)53)40-15-11-14-38(36-40)41-21-12-22-47-45-18-3-8-27-54(45)63-58(41)47/h1-36H. The molecule has 3 nitrogen and oxygen atoms in total. The van der Waals surface area contributed by atoms with Gasteiger partial charge in [0.15, 0.2) is 0 Å². The summed E-state index contributed by atoms with van der Waals surface area (Å²) in [6.07, 6.45) is 0. The van der Waals surface area contributed by atoms with Crippen molar-refractivity contribution in [2.24, 2.45) is 0 Å². The van der Waals surface area contributed by atoms with Crippen molar-refractivity contribution in [3.05, 3.63) is 218 Å². The van der Waals surface area contributed by atoms with E-state index in [0.717, 1.165) is 55.8 Å². The molecule has 0 aliphatic carbocycles. The number of benzene rings is 10. The monoisotopic (exact) mass is 864 g/mol. The van der Waals surface area contributed by atoms with Crippen LogP contribution in [0.1, 0.15) is 0 Å². The first-order valence-corrected chi connectivity index (χ1v) is 23.6. The Kier molecular flexibility index (Phi) is 8.02. The molecule has 65 heavy (non-hydrogen) atoms. The highest BCUT2D eigenvalue weighted by Crippen LogP contribution is 2.51. The van der Waals surface area contributed by atoms with Crippen LogP contribution in [-0.4, -0.2) is 4.57 Å². The highest BCUT2D eigenvalue weighted by Gasteiger charge is 2.24. The number of hydrogen-bond acceptors (Lipinski definition) is 4. The van der Waals surface area contributed by atoms with Crippen molar-refractivity contribution in [1.29, 1.82) is 0 Å². The fourth-order valence-electron chi connectivity index (χ4n) is 10.3. The van der Waals surface area contributed by atoms with Crippen molar-refractivity contribution in [2.75, 3.05) is 4.90 Å². The molecule has 0 atom stereocenters. The van der Waals surface area contributed by atoms with Crippen LogP contribution in [0.25, 0.3) is 112 Å². The molecule has 0 radical (unpaired) electrons. The highest BCUT2D eigenvalue weighted by atomic mass is 32.1. The van der Waals surface area contributed by atoms with E-state index in [1.807, 2.05) is 28.7 Å². The zero-order valence-corrected chi connectivity index (χ0v) is 36.5. The molecule has 4 aromatic heterocycles. The average Bonchev–Trinajstić information content (AvgIpc) is 4.14. The molecule has 0 N–H and O–H groups in total. The zero-order chi connectivity index (χ0) is 42.6. The first kappa shape index (κ1) is 36.5. The minimum atomic E-state index is 0.900. The molecule has 0 saturated carbocycles. The Morgan fingerprint density at radius 3 is 1.80 bits per heavy atom. The lowest BCUT2D eigenvalue weighted by Gasteiger charge is -2.28. The maximum absolute atomic E-state index is 6.60. The number of rotatable bonds is 6. The second kappa shape index (κ2) is 14.3. The summed E-state index contributed by atoms with van der Waals surface area (Å²) in [4.78, 5) is 2.51. The summed E-state index contributed by atoms with van der Waals surface area (Å²) in [6, 6.07) is 79.6. The quantitative estimate of drug-likeness (QED) is 0.166. The minimum Gasteiger partial charge on any atom is -0.455 e. The smallest absolute Gasteiger partial charge is 0.143 e. The predicted octanol–water partition coefficient (Wildman–Crippen LogP) is 18.2. The number of hydrogen-bond donors (Lipinski definition) is 0. The maximum atomic E-state index is 6.60. The molecule has 0 saturated heterocycles. The Labute approximate surface area is 381 Å². The van der Waals surface area contributed by atoms with E-state index in [4.69, 9.17) is 4.42 Å². The van der Waals surface area contributed by atoms with E-state index in [2.05, 4.69) is 222 Å². The molecule has 0 amide bonds. The van der Waals surface area contributed by atoms with Crippen LogP contribution in [0.3, 0.4) is 0 Å². The van der Waals surface area contributed by atoms with Gasteiger partial charge in [-0.05, 0) is 83.4 Å². The zero-order valence-electron chi connectivity index (χ0n) is 34.9. The molecule has 5 heteroatoms. The van der Waals surface area contributed by atoms with Crippen molar-refractivity contribution in [2.45, 2.75) is 0 Å². The number of aromatic nitrogens is 1. The lowest BCUT2D eigenvalue weighted by molar-refractivity contribution is 0.670. The molecule has 0 bridgehead atoms. The van der Waals surface area contributed by atoms with Crippen LogP contribution in [0, 0.1) is 0 Å². The van der Waals surface area contributed by atoms with Crippen molar-refractivity contribution in [1.82, 2.24) is 4.57 Å². The second-order valence-corrected chi connectivity index (χ2v) is 18.9. The fraction of sp³-hybridized carbons (Fsp3) is 0. The Bertz CT molecular complexity index is 4150. The molecule has 4 heterocycles. The number of nitrogens with zero attached hydrogens (tertiary/aromatic N) is 2. The van der Waals surface area contributed by atoms with E-state index in [9.17, 15) is 0 Å². The van der Waals surface area contributed by atoms with Gasteiger partial charge in [0.2, 0.25) is 0 Å². The minimum absolute atomic E-state index is 0.900. The molecule has 304 valence electrons. The topological polar surface area (TPSA) is 21.3 Å². The Hall–Kier alpha value is -7.96. The first-order valence-electron chi connectivity index (χ1n) is 22.0. The molecule has 0 fully saturated rings. The summed E-state index contributed by atoms with van der Waals surface area (Å²) in [5.41, 5.74) is 13.4. The Balaban J connectivity index is 0.990. The number of para-hydroxylation sites is 4. The van der Waals surface area contributed by atoms with Crippen molar-refractivity contribution in [3.63, 3.8) is 0 Å². The van der Waals surface area contributed by atoms with E-state index >= 15 is 0 Å². The summed E-state index contributed by atoms with van der Waals surface area (Å²) in [6.45, 7) is 0. The molecule has 14 rings (SSSR count). The van der Waals surface area contributed by atoms with Gasteiger partial charge in [0.25, 0.3) is 0 Å². The largest absolute Gasteiger partial charge is 0.455 e. The van der Waals surface area contributed by atoms with Gasteiger partial charge in [0.05, 0.1) is 27.1 Å². The highest BCUT2D eigenvalue weighted by molar-refractivity contribution is 7.27. The second-order valence-electron chi connectivity index (χ2n) is 16.8. The van der Waals surface area contributed by atoms with E-state index < -0.39 is 0 Å². The first-order chi connectivity index (χ1) is 32.2. The van der Waals surface area contributed by atoms with E-state index in [-0.39, 0.29) is 0 Å². The number of fused-ring (bicyclic) bond motifs is 12.